The fourth-order valence-electron chi connectivity index (χ4n) is 0.989. The summed E-state index contributed by atoms with van der Waals surface area (Å²) in [6.07, 6.45) is 1.31. The number of ether oxygens (including phenoxy) is 2. The minimum Gasteiger partial charge on any atom is -0.441 e. The Morgan fingerprint density at radius 3 is 3.18 bits per heavy atom. The first-order valence-electron chi connectivity index (χ1n) is 3.38. The Hall–Kier alpha value is -1.03. The van der Waals surface area contributed by atoms with Gasteiger partial charge in [0.05, 0.1) is 0 Å². The molecule has 11 heavy (non-hydrogen) atoms. The molecule has 2 atom stereocenters. The van der Waals surface area contributed by atoms with Gasteiger partial charge in [0.25, 0.3) is 0 Å². The van der Waals surface area contributed by atoms with E-state index in [4.69, 9.17) is 9.47 Å². The van der Waals surface area contributed by atoms with Crippen LogP contribution in [-0.4, -0.2) is 25.5 Å². The standard InChI is InChI=1S/C7H11NO3/c1-3-4-5-6(10-2)8-7(9)11-5/h3,5-6H,1,4H2,2H3,(H,8,9)/t5-,6-/m0/s1. The van der Waals surface area contributed by atoms with Gasteiger partial charge in [0.2, 0.25) is 0 Å². The van der Waals surface area contributed by atoms with E-state index in [1.807, 2.05) is 0 Å². The van der Waals surface area contributed by atoms with Gasteiger partial charge < -0.3 is 9.47 Å². The number of hydrogen-bond acceptors (Lipinski definition) is 3. The van der Waals surface area contributed by atoms with Crippen LogP contribution in [0.1, 0.15) is 6.42 Å². The molecule has 0 aromatic carbocycles. The van der Waals surface area contributed by atoms with Gasteiger partial charge in [-0.05, 0) is 0 Å². The van der Waals surface area contributed by atoms with E-state index in [0.717, 1.165) is 0 Å². The molecule has 1 saturated heterocycles. The summed E-state index contributed by atoms with van der Waals surface area (Å²) in [5, 5.41) is 2.51. The topological polar surface area (TPSA) is 47.6 Å². The summed E-state index contributed by atoms with van der Waals surface area (Å²) < 4.78 is 9.80. The molecule has 0 unspecified atom stereocenters. The van der Waals surface area contributed by atoms with Crippen molar-refractivity contribution in [1.29, 1.82) is 0 Å². The second-order valence-electron chi connectivity index (χ2n) is 2.27. The van der Waals surface area contributed by atoms with E-state index in [1.54, 1.807) is 6.08 Å². The number of hydrogen-bond donors (Lipinski definition) is 1. The molecule has 0 aromatic heterocycles. The zero-order valence-corrected chi connectivity index (χ0v) is 6.37. The molecule has 4 nitrogen and oxygen atoms in total. The highest BCUT2D eigenvalue weighted by molar-refractivity contribution is 5.69. The Balaban J connectivity index is 2.49. The summed E-state index contributed by atoms with van der Waals surface area (Å²) in [6, 6.07) is 0. The van der Waals surface area contributed by atoms with Gasteiger partial charge >= 0.3 is 6.09 Å². The maximum absolute atomic E-state index is 10.6. The van der Waals surface area contributed by atoms with Crippen molar-refractivity contribution in [3.63, 3.8) is 0 Å². The molecule has 0 saturated carbocycles. The SMILES string of the molecule is C=CC[C@@H]1OC(=O)N[C@H]1OC. The molecule has 4 heteroatoms. The molecular formula is C7H11NO3. The maximum atomic E-state index is 10.6. The van der Waals surface area contributed by atoms with Crippen LogP contribution in [0.2, 0.25) is 0 Å². The van der Waals surface area contributed by atoms with Gasteiger partial charge in [0, 0.05) is 13.5 Å². The Morgan fingerprint density at radius 2 is 2.64 bits per heavy atom. The van der Waals surface area contributed by atoms with E-state index in [2.05, 4.69) is 11.9 Å². The predicted octanol–water partition coefficient (Wildman–Crippen LogP) is 0.643. The smallest absolute Gasteiger partial charge is 0.409 e. The lowest BCUT2D eigenvalue weighted by molar-refractivity contribution is 0.0235. The van der Waals surface area contributed by atoms with Crippen LogP contribution in [0.5, 0.6) is 0 Å². The van der Waals surface area contributed by atoms with Gasteiger partial charge in [-0.1, -0.05) is 6.08 Å². The lowest BCUT2D eigenvalue weighted by Gasteiger charge is -2.12. The van der Waals surface area contributed by atoms with Crippen molar-refractivity contribution in [2.45, 2.75) is 18.8 Å². The van der Waals surface area contributed by atoms with Gasteiger partial charge in [-0.15, -0.1) is 6.58 Å². The molecule has 0 radical (unpaired) electrons. The van der Waals surface area contributed by atoms with E-state index >= 15 is 0 Å². The predicted molar refractivity (Wildman–Crippen MR) is 39.0 cm³/mol. The summed E-state index contributed by atoms with van der Waals surface area (Å²) in [6.45, 7) is 3.54. The molecule has 1 aliphatic rings. The first-order valence-corrected chi connectivity index (χ1v) is 3.38. The number of cyclic esters (lactones) is 1. The first kappa shape index (κ1) is 8.07. The Bertz CT molecular complexity index is 169. The van der Waals surface area contributed by atoms with Crippen LogP contribution in [0, 0.1) is 0 Å². The van der Waals surface area contributed by atoms with E-state index in [-0.39, 0.29) is 12.3 Å². The van der Waals surface area contributed by atoms with Crippen LogP contribution < -0.4 is 5.32 Å². The van der Waals surface area contributed by atoms with Crippen LogP contribution in [-0.2, 0) is 9.47 Å². The van der Waals surface area contributed by atoms with Crippen molar-refractivity contribution in [2.75, 3.05) is 7.11 Å². The second kappa shape index (κ2) is 3.39. The van der Waals surface area contributed by atoms with Crippen molar-refractivity contribution in [1.82, 2.24) is 5.32 Å². The molecule has 1 rings (SSSR count). The van der Waals surface area contributed by atoms with E-state index < -0.39 is 6.09 Å². The molecule has 1 N–H and O–H groups in total. The van der Waals surface area contributed by atoms with Crippen LogP contribution in [0.25, 0.3) is 0 Å². The zero-order valence-electron chi connectivity index (χ0n) is 6.37. The molecule has 1 fully saturated rings. The summed E-state index contributed by atoms with van der Waals surface area (Å²) in [5.74, 6) is 0. The molecule has 1 amide bonds. The summed E-state index contributed by atoms with van der Waals surface area (Å²) in [5.41, 5.74) is 0. The van der Waals surface area contributed by atoms with E-state index in [1.165, 1.54) is 7.11 Å². The fourth-order valence-corrected chi connectivity index (χ4v) is 0.989. The van der Waals surface area contributed by atoms with Gasteiger partial charge in [-0.2, -0.15) is 0 Å². The highest BCUT2D eigenvalue weighted by Crippen LogP contribution is 2.12. The third-order valence-corrected chi connectivity index (χ3v) is 1.51. The largest absolute Gasteiger partial charge is 0.441 e. The highest BCUT2D eigenvalue weighted by Gasteiger charge is 2.32. The molecule has 0 bridgehead atoms. The van der Waals surface area contributed by atoms with Crippen molar-refractivity contribution < 1.29 is 14.3 Å². The summed E-state index contributed by atoms with van der Waals surface area (Å²) >= 11 is 0. The Morgan fingerprint density at radius 1 is 1.91 bits per heavy atom. The molecule has 0 spiro atoms. The lowest BCUT2D eigenvalue weighted by atomic mass is 10.2. The van der Waals surface area contributed by atoms with Crippen LogP contribution in [0.3, 0.4) is 0 Å². The third kappa shape index (κ3) is 1.71. The van der Waals surface area contributed by atoms with Gasteiger partial charge in [-0.3, -0.25) is 5.32 Å². The average molecular weight is 157 g/mol. The number of carbonyl (C=O) groups excluding carboxylic acids is 1. The highest BCUT2D eigenvalue weighted by atomic mass is 16.6. The van der Waals surface area contributed by atoms with E-state index in [9.17, 15) is 4.79 Å². The lowest BCUT2D eigenvalue weighted by Crippen LogP contribution is -2.32. The van der Waals surface area contributed by atoms with Crippen molar-refractivity contribution in [3.05, 3.63) is 12.7 Å². The number of rotatable bonds is 3. The van der Waals surface area contributed by atoms with Crippen molar-refractivity contribution in [2.24, 2.45) is 0 Å². The normalized spacial score (nSPS) is 29.4. The van der Waals surface area contributed by atoms with Gasteiger partial charge in [-0.25, -0.2) is 4.79 Å². The molecule has 0 aromatic rings. The van der Waals surface area contributed by atoms with Gasteiger partial charge in [0.15, 0.2) is 12.3 Å². The Kier molecular flexibility index (Phi) is 2.48. The molecular weight excluding hydrogens is 146 g/mol. The van der Waals surface area contributed by atoms with Gasteiger partial charge in [0.1, 0.15) is 0 Å². The number of amides is 1. The maximum Gasteiger partial charge on any atom is 0.409 e. The second-order valence-corrected chi connectivity index (χ2v) is 2.27. The monoisotopic (exact) mass is 157 g/mol. The number of nitrogens with one attached hydrogen (secondary N) is 1. The van der Waals surface area contributed by atoms with Crippen molar-refractivity contribution >= 4 is 6.09 Å². The number of alkyl carbamates (subject to hydrolysis) is 1. The summed E-state index contributed by atoms with van der Waals surface area (Å²) in [7, 11) is 1.52. The van der Waals surface area contributed by atoms with E-state index in [0.29, 0.717) is 6.42 Å². The minimum absolute atomic E-state index is 0.231. The zero-order chi connectivity index (χ0) is 8.27. The fraction of sp³-hybridized carbons (Fsp3) is 0.571. The summed E-state index contributed by atoms with van der Waals surface area (Å²) in [4.78, 5) is 10.6. The molecule has 0 aliphatic carbocycles. The van der Waals surface area contributed by atoms with Crippen LogP contribution in [0.4, 0.5) is 4.79 Å². The number of methoxy groups -OCH3 is 1. The Labute approximate surface area is 65.2 Å². The first-order chi connectivity index (χ1) is 5.27. The minimum atomic E-state index is -0.427. The van der Waals surface area contributed by atoms with Crippen LogP contribution in [0.15, 0.2) is 12.7 Å². The third-order valence-electron chi connectivity index (χ3n) is 1.51. The molecule has 62 valence electrons. The quantitative estimate of drug-likeness (QED) is 0.611. The van der Waals surface area contributed by atoms with Crippen molar-refractivity contribution in [3.8, 4) is 0 Å². The average Bonchev–Trinajstić information content (AvgIpc) is 2.32. The van der Waals surface area contributed by atoms with Crippen LogP contribution >= 0.6 is 0 Å². The molecule has 1 aliphatic heterocycles. The number of carbonyl (C=O) groups is 1. The molecule has 1 heterocycles.